The molecule has 20 heavy (non-hydrogen) atoms. The van der Waals surface area contributed by atoms with E-state index < -0.39 is 0 Å². The third kappa shape index (κ3) is 7.46. The van der Waals surface area contributed by atoms with Gasteiger partial charge in [-0.25, -0.2) is 0 Å². The molecule has 0 fully saturated rings. The third-order valence-corrected chi connectivity index (χ3v) is 3.13. The van der Waals surface area contributed by atoms with E-state index in [0.717, 1.165) is 43.3 Å². The highest BCUT2D eigenvalue weighted by atomic mass is 32.1. The molecule has 4 heteroatoms. The van der Waals surface area contributed by atoms with E-state index in [1.54, 1.807) is 0 Å². The van der Waals surface area contributed by atoms with Crippen LogP contribution in [0.25, 0.3) is 0 Å². The van der Waals surface area contributed by atoms with Crippen LogP contribution < -0.4 is 10.5 Å². The Kier molecular flexibility index (Phi) is 8.23. The lowest BCUT2D eigenvalue weighted by Crippen LogP contribution is -2.09. The quantitative estimate of drug-likeness (QED) is 0.529. The van der Waals surface area contributed by atoms with Gasteiger partial charge in [-0.3, -0.25) is 0 Å². The second-order valence-electron chi connectivity index (χ2n) is 5.24. The van der Waals surface area contributed by atoms with Gasteiger partial charge >= 0.3 is 0 Å². The van der Waals surface area contributed by atoms with Gasteiger partial charge in [0.1, 0.15) is 10.7 Å². The zero-order valence-electron chi connectivity index (χ0n) is 12.4. The van der Waals surface area contributed by atoms with Crippen LogP contribution in [-0.2, 0) is 4.74 Å². The Morgan fingerprint density at radius 2 is 1.95 bits per heavy atom. The molecule has 3 nitrogen and oxygen atoms in total. The number of hydrogen-bond donors (Lipinski definition) is 1. The van der Waals surface area contributed by atoms with Gasteiger partial charge in [0.15, 0.2) is 0 Å². The molecule has 0 aliphatic carbocycles. The largest absolute Gasteiger partial charge is 0.493 e. The SMILES string of the molecule is CC(C)CCCOCCCOc1cccc(C(N)=S)c1. The van der Waals surface area contributed by atoms with Crippen molar-refractivity contribution < 1.29 is 9.47 Å². The lowest BCUT2D eigenvalue weighted by molar-refractivity contribution is 0.114. The monoisotopic (exact) mass is 295 g/mol. The van der Waals surface area contributed by atoms with E-state index in [4.69, 9.17) is 27.4 Å². The molecule has 0 aliphatic rings. The minimum atomic E-state index is 0.393. The van der Waals surface area contributed by atoms with Crippen molar-refractivity contribution in [1.29, 1.82) is 0 Å². The fourth-order valence-corrected chi connectivity index (χ4v) is 1.91. The van der Waals surface area contributed by atoms with Gasteiger partial charge in [-0.05, 0) is 30.9 Å². The molecular formula is C16H25NO2S. The molecule has 0 aromatic heterocycles. The first-order valence-corrected chi connectivity index (χ1v) is 7.61. The van der Waals surface area contributed by atoms with Crippen molar-refractivity contribution in [2.45, 2.75) is 33.1 Å². The average molecular weight is 295 g/mol. The second-order valence-corrected chi connectivity index (χ2v) is 5.68. The highest BCUT2D eigenvalue weighted by Crippen LogP contribution is 2.13. The molecule has 0 amide bonds. The summed E-state index contributed by atoms with van der Waals surface area (Å²) in [5, 5.41) is 0. The number of ether oxygens (including phenoxy) is 2. The van der Waals surface area contributed by atoms with Crippen molar-refractivity contribution in [3.05, 3.63) is 29.8 Å². The molecule has 0 unspecified atom stereocenters. The number of hydrogen-bond acceptors (Lipinski definition) is 3. The van der Waals surface area contributed by atoms with Gasteiger partial charge in [0.2, 0.25) is 0 Å². The minimum Gasteiger partial charge on any atom is -0.493 e. The number of rotatable bonds is 10. The van der Waals surface area contributed by atoms with Gasteiger partial charge < -0.3 is 15.2 Å². The Balaban J connectivity index is 2.09. The minimum absolute atomic E-state index is 0.393. The summed E-state index contributed by atoms with van der Waals surface area (Å²) in [6, 6.07) is 7.55. The molecule has 112 valence electrons. The summed E-state index contributed by atoms with van der Waals surface area (Å²) in [6.45, 7) is 6.69. The summed E-state index contributed by atoms with van der Waals surface area (Å²) in [5.74, 6) is 1.55. The predicted molar refractivity (Wildman–Crippen MR) is 87.3 cm³/mol. The number of thiocarbonyl (C=S) groups is 1. The maximum atomic E-state index is 5.65. The molecule has 0 heterocycles. The molecular weight excluding hydrogens is 270 g/mol. The molecule has 1 aromatic rings. The topological polar surface area (TPSA) is 44.5 Å². The summed E-state index contributed by atoms with van der Waals surface area (Å²) in [5.41, 5.74) is 6.42. The highest BCUT2D eigenvalue weighted by molar-refractivity contribution is 7.80. The predicted octanol–water partition coefficient (Wildman–Crippen LogP) is 3.54. The summed E-state index contributed by atoms with van der Waals surface area (Å²) < 4.78 is 11.2. The van der Waals surface area contributed by atoms with Gasteiger partial charge in [-0.15, -0.1) is 0 Å². The molecule has 0 atom stereocenters. The Labute approximate surface area is 127 Å². The van der Waals surface area contributed by atoms with Crippen LogP contribution in [0.15, 0.2) is 24.3 Å². The number of nitrogens with two attached hydrogens (primary N) is 1. The van der Waals surface area contributed by atoms with Crippen LogP contribution in [0.1, 0.15) is 38.7 Å². The molecule has 1 rings (SSSR count). The van der Waals surface area contributed by atoms with E-state index in [0.29, 0.717) is 11.6 Å². The van der Waals surface area contributed by atoms with Crippen LogP contribution in [0.4, 0.5) is 0 Å². The van der Waals surface area contributed by atoms with Crippen LogP contribution in [0.3, 0.4) is 0 Å². The van der Waals surface area contributed by atoms with Gasteiger partial charge in [0, 0.05) is 25.2 Å². The molecule has 2 N–H and O–H groups in total. The molecule has 0 saturated heterocycles. The molecule has 0 aliphatic heterocycles. The van der Waals surface area contributed by atoms with Crippen LogP contribution in [0.5, 0.6) is 5.75 Å². The van der Waals surface area contributed by atoms with Crippen LogP contribution >= 0.6 is 12.2 Å². The zero-order chi connectivity index (χ0) is 14.8. The summed E-state index contributed by atoms with van der Waals surface area (Å²) >= 11 is 4.94. The molecule has 1 aromatic carbocycles. The third-order valence-electron chi connectivity index (χ3n) is 2.89. The smallest absolute Gasteiger partial charge is 0.119 e. The zero-order valence-corrected chi connectivity index (χ0v) is 13.2. The fourth-order valence-electron chi connectivity index (χ4n) is 1.79. The van der Waals surface area contributed by atoms with Gasteiger partial charge in [-0.2, -0.15) is 0 Å². The Hall–Kier alpha value is -1.13. The van der Waals surface area contributed by atoms with E-state index in [1.807, 2.05) is 24.3 Å². The Morgan fingerprint density at radius 3 is 2.65 bits per heavy atom. The summed E-state index contributed by atoms with van der Waals surface area (Å²) in [4.78, 5) is 0.393. The first-order valence-electron chi connectivity index (χ1n) is 7.20. The molecule has 0 saturated carbocycles. The van der Waals surface area contributed by atoms with Crippen LogP contribution in [0.2, 0.25) is 0 Å². The molecule has 0 spiro atoms. The summed E-state index contributed by atoms with van der Waals surface area (Å²) in [6.07, 6.45) is 3.25. The fraction of sp³-hybridized carbons (Fsp3) is 0.562. The molecule has 0 bridgehead atoms. The van der Waals surface area contributed by atoms with Gasteiger partial charge in [0.25, 0.3) is 0 Å². The van der Waals surface area contributed by atoms with E-state index in [2.05, 4.69) is 13.8 Å². The van der Waals surface area contributed by atoms with Crippen molar-refractivity contribution in [3.8, 4) is 5.75 Å². The maximum absolute atomic E-state index is 5.65. The van der Waals surface area contributed by atoms with Crippen molar-refractivity contribution in [3.63, 3.8) is 0 Å². The first kappa shape index (κ1) is 16.9. The molecule has 0 radical (unpaired) electrons. The van der Waals surface area contributed by atoms with Crippen molar-refractivity contribution in [1.82, 2.24) is 0 Å². The van der Waals surface area contributed by atoms with Crippen molar-refractivity contribution in [2.75, 3.05) is 19.8 Å². The lowest BCUT2D eigenvalue weighted by atomic mass is 10.1. The van der Waals surface area contributed by atoms with E-state index >= 15 is 0 Å². The standard InChI is InChI=1S/C16H25NO2S/c1-13(2)6-4-9-18-10-5-11-19-15-8-3-7-14(12-15)16(17)20/h3,7-8,12-13H,4-6,9-11H2,1-2H3,(H2,17,20). The van der Waals surface area contributed by atoms with Crippen molar-refractivity contribution >= 4 is 17.2 Å². The van der Waals surface area contributed by atoms with E-state index in [1.165, 1.54) is 6.42 Å². The summed E-state index contributed by atoms with van der Waals surface area (Å²) in [7, 11) is 0. The average Bonchev–Trinajstić information content (AvgIpc) is 2.41. The van der Waals surface area contributed by atoms with Crippen LogP contribution in [-0.4, -0.2) is 24.8 Å². The highest BCUT2D eigenvalue weighted by Gasteiger charge is 1.99. The Bertz CT molecular complexity index is 407. The van der Waals surface area contributed by atoms with E-state index in [9.17, 15) is 0 Å². The number of benzene rings is 1. The second kappa shape index (κ2) is 9.72. The normalized spacial score (nSPS) is 10.8. The maximum Gasteiger partial charge on any atom is 0.119 e. The van der Waals surface area contributed by atoms with Gasteiger partial charge in [0.05, 0.1) is 6.61 Å². The van der Waals surface area contributed by atoms with Gasteiger partial charge in [-0.1, -0.05) is 38.2 Å². The Morgan fingerprint density at radius 1 is 1.20 bits per heavy atom. The van der Waals surface area contributed by atoms with E-state index in [-0.39, 0.29) is 0 Å². The lowest BCUT2D eigenvalue weighted by Gasteiger charge is -2.08. The first-order chi connectivity index (χ1) is 9.59. The van der Waals surface area contributed by atoms with Crippen molar-refractivity contribution in [2.24, 2.45) is 11.7 Å². The van der Waals surface area contributed by atoms with Crippen LogP contribution in [0, 0.1) is 5.92 Å².